The molecule has 0 aliphatic carbocycles. The first kappa shape index (κ1) is 17.7. The third-order valence-electron chi connectivity index (χ3n) is 3.77. The van der Waals surface area contributed by atoms with Crippen molar-refractivity contribution >= 4 is 17.5 Å². The number of nitrogens with one attached hydrogen (secondary N) is 2. The minimum Gasteiger partial charge on any atom is -0.352 e. The molecule has 0 aliphatic rings. The standard InChI is InChI=1S/C20H24N2O2/c1-2-3-4-10-15-21-20(24)17-13-8-9-14-18(17)22-19(23)16-11-6-5-7-12-16/h5-9,11-14H,2-4,10,15H2,1H3,(H,21,24)(H,22,23). The molecule has 0 aliphatic heterocycles. The van der Waals surface area contributed by atoms with Crippen LogP contribution in [0.5, 0.6) is 0 Å². The van der Waals surface area contributed by atoms with Gasteiger partial charge in [0.25, 0.3) is 11.8 Å². The highest BCUT2D eigenvalue weighted by molar-refractivity contribution is 6.08. The molecular weight excluding hydrogens is 300 g/mol. The van der Waals surface area contributed by atoms with Crippen molar-refractivity contribution in [2.24, 2.45) is 0 Å². The van der Waals surface area contributed by atoms with Gasteiger partial charge in [-0.25, -0.2) is 0 Å². The number of hydrogen-bond donors (Lipinski definition) is 2. The van der Waals surface area contributed by atoms with Gasteiger partial charge in [0, 0.05) is 12.1 Å². The lowest BCUT2D eigenvalue weighted by Crippen LogP contribution is -2.26. The van der Waals surface area contributed by atoms with E-state index >= 15 is 0 Å². The molecule has 0 saturated heterocycles. The summed E-state index contributed by atoms with van der Waals surface area (Å²) >= 11 is 0. The van der Waals surface area contributed by atoms with Crippen LogP contribution in [-0.4, -0.2) is 18.4 Å². The summed E-state index contributed by atoms with van der Waals surface area (Å²) in [5, 5.41) is 5.74. The average Bonchev–Trinajstić information content (AvgIpc) is 2.62. The van der Waals surface area contributed by atoms with E-state index in [-0.39, 0.29) is 11.8 Å². The van der Waals surface area contributed by atoms with Crippen molar-refractivity contribution in [2.75, 3.05) is 11.9 Å². The molecule has 0 bridgehead atoms. The SMILES string of the molecule is CCCCCCNC(=O)c1ccccc1NC(=O)c1ccccc1. The maximum Gasteiger partial charge on any atom is 0.255 e. The predicted octanol–water partition coefficient (Wildman–Crippen LogP) is 4.25. The highest BCUT2D eigenvalue weighted by atomic mass is 16.2. The van der Waals surface area contributed by atoms with Crippen molar-refractivity contribution in [2.45, 2.75) is 32.6 Å². The average molecular weight is 324 g/mol. The van der Waals surface area contributed by atoms with Crippen LogP contribution in [0.3, 0.4) is 0 Å². The molecule has 2 amide bonds. The van der Waals surface area contributed by atoms with Gasteiger partial charge >= 0.3 is 0 Å². The molecule has 24 heavy (non-hydrogen) atoms. The topological polar surface area (TPSA) is 58.2 Å². The van der Waals surface area contributed by atoms with Gasteiger partial charge < -0.3 is 10.6 Å². The summed E-state index contributed by atoms with van der Waals surface area (Å²) in [6, 6.07) is 16.0. The summed E-state index contributed by atoms with van der Waals surface area (Å²) in [5.74, 6) is -0.380. The summed E-state index contributed by atoms with van der Waals surface area (Å²) in [6.07, 6.45) is 4.43. The number of para-hydroxylation sites is 1. The Morgan fingerprint density at radius 2 is 1.54 bits per heavy atom. The van der Waals surface area contributed by atoms with Crippen LogP contribution in [0.25, 0.3) is 0 Å². The number of unbranched alkanes of at least 4 members (excludes halogenated alkanes) is 3. The van der Waals surface area contributed by atoms with Crippen LogP contribution in [-0.2, 0) is 0 Å². The van der Waals surface area contributed by atoms with E-state index in [2.05, 4.69) is 17.6 Å². The number of carbonyl (C=O) groups is 2. The van der Waals surface area contributed by atoms with Crippen LogP contribution in [0.1, 0.15) is 53.3 Å². The maximum absolute atomic E-state index is 12.4. The lowest BCUT2D eigenvalue weighted by molar-refractivity contribution is 0.0954. The van der Waals surface area contributed by atoms with E-state index in [1.54, 1.807) is 36.4 Å². The van der Waals surface area contributed by atoms with Gasteiger partial charge in [-0.3, -0.25) is 9.59 Å². The van der Waals surface area contributed by atoms with Crippen LogP contribution < -0.4 is 10.6 Å². The summed E-state index contributed by atoms with van der Waals surface area (Å²) < 4.78 is 0. The third-order valence-corrected chi connectivity index (χ3v) is 3.77. The molecule has 0 heterocycles. The Bertz CT molecular complexity index is 668. The molecule has 4 nitrogen and oxygen atoms in total. The number of amides is 2. The van der Waals surface area contributed by atoms with Crippen molar-refractivity contribution in [1.29, 1.82) is 0 Å². The van der Waals surface area contributed by atoms with E-state index in [0.717, 1.165) is 12.8 Å². The summed E-state index contributed by atoms with van der Waals surface area (Å²) in [6.45, 7) is 2.81. The molecule has 0 spiro atoms. The first-order valence-corrected chi connectivity index (χ1v) is 8.46. The van der Waals surface area contributed by atoms with Gasteiger partial charge in [-0.1, -0.05) is 56.5 Å². The minimum absolute atomic E-state index is 0.157. The Hall–Kier alpha value is -2.62. The number of anilines is 1. The monoisotopic (exact) mass is 324 g/mol. The summed E-state index contributed by atoms with van der Waals surface area (Å²) in [7, 11) is 0. The predicted molar refractivity (Wildman–Crippen MR) is 97.3 cm³/mol. The zero-order valence-electron chi connectivity index (χ0n) is 14.0. The molecule has 0 saturated carbocycles. The molecule has 0 unspecified atom stereocenters. The fourth-order valence-corrected chi connectivity index (χ4v) is 2.42. The fourth-order valence-electron chi connectivity index (χ4n) is 2.42. The number of carbonyl (C=O) groups excluding carboxylic acids is 2. The molecule has 2 aromatic carbocycles. The fraction of sp³-hybridized carbons (Fsp3) is 0.300. The summed E-state index contributed by atoms with van der Waals surface area (Å²) in [5.41, 5.74) is 1.57. The number of benzene rings is 2. The second kappa shape index (κ2) is 9.50. The van der Waals surface area contributed by atoms with E-state index in [1.807, 2.05) is 18.2 Å². The first-order valence-electron chi connectivity index (χ1n) is 8.46. The van der Waals surface area contributed by atoms with Gasteiger partial charge in [-0.2, -0.15) is 0 Å². The van der Waals surface area contributed by atoms with Crippen LogP contribution in [0.4, 0.5) is 5.69 Å². The lowest BCUT2D eigenvalue weighted by atomic mass is 10.1. The highest BCUT2D eigenvalue weighted by Crippen LogP contribution is 2.16. The quantitative estimate of drug-likeness (QED) is 0.713. The van der Waals surface area contributed by atoms with Crippen molar-refractivity contribution < 1.29 is 9.59 Å². The molecule has 2 aromatic rings. The van der Waals surface area contributed by atoms with E-state index in [1.165, 1.54) is 12.8 Å². The molecule has 126 valence electrons. The highest BCUT2D eigenvalue weighted by Gasteiger charge is 2.13. The largest absolute Gasteiger partial charge is 0.352 e. The Kier molecular flexibility index (Phi) is 7.02. The van der Waals surface area contributed by atoms with Gasteiger partial charge in [-0.15, -0.1) is 0 Å². The molecule has 0 atom stereocenters. The molecule has 2 rings (SSSR count). The van der Waals surface area contributed by atoms with Crippen LogP contribution in [0.15, 0.2) is 54.6 Å². The van der Waals surface area contributed by atoms with Crippen LogP contribution >= 0.6 is 0 Å². The van der Waals surface area contributed by atoms with Gasteiger partial charge in [0.05, 0.1) is 11.3 Å². The van der Waals surface area contributed by atoms with Crippen LogP contribution in [0.2, 0.25) is 0 Å². The molecule has 0 aromatic heterocycles. The molecule has 0 radical (unpaired) electrons. The van der Waals surface area contributed by atoms with Gasteiger partial charge in [0.15, 0.2) is 0 Å². The molecule has 4 heteroatoms. The maximum atomic E-state index is 12.4. The zero-order chi connectivity index (χ0) is 17.2. The Balaban J connectivity index is 1.99. The first-order chi connectivity index (χ1) is 11.7. The Labute approximate surface area is 143 Å². The van der Waals surface area contributed by atoms with E-state index in [4.69, 9.17) is 0 Å². The van der Waals surface area contributed by atoms with Crippen LogP contribution in [0, 0.1) is 0 Å². The Morgan fingerprint density at radius 3 is 2.29 bits per heavy atom. The van der Waals surface area contributed by atoms with E-state index in [0.29, 0.717) is 23.4 Å². The van der Waals surface area contributed by atoms with E-state index < -0.39 is 0 Å². The molecule has 2 N–H and O–H groups in total. The number of rotatable bonds is 8. The molecule has 0 fully saturated rings. The van der Waals surface area contributed by atoms with Gasteiger partial charge in [0.2, 0.25) is 0 Å². The number of hydrogen-bond acceptors (Lipinski definition) is 2. The van der Waals surface area contributed by atoms with Gasteiger partial charge in [0.1, 0.15) is 0 Å². The lowest BCUT2D eigenvalue weighted by Gasteiger charge is -2.11. The third kappa shape index (κ3) is 5.23. The zero-order valence-corrected chi connectivity index (χ0v) is 14.0. The van der Waals surface area contributed by atoms with Crippen molar-refractivity contribution in [3.05, 3.63) is 65.7 Å². The normalized spacial score (nSPS) is 10.2. The smallest absolute Gasteiger partial charge is 0.255 e. The van der Waals surface area contributed by atoms with Gasteiger partial charge in [-0.05, 0) is 30.7 Å². The van der Waals surface area contributed by atoms with Crippen molar-refractivity contribution in [3.8, 4) is 0 Å². The Morgan fingerprint density at radius 1 is 0.833 bits per heavy atom. The summed E-state index contributed by atoms with van der Waals surface area (Å²) in [4.78, 5) is 24.6. The minimum atomic E-state index is -0.223. The van der Waals surface area contributed by atoms with E-state index in [9.17, 15) is 9.59 Å². The van der Waals surface area contributed by atoms with Crippen molar-refractivity contribution in [1.82, 2.24) is 5.32 Å². The van der Waals surface area contributed by atoms with Crippen molar-refractivity contribution in [3.63, 3.8) is 0 Å². The second-order valence-electron chi connectivity index (χ2n) is 5.68. The second-order valence-corrected chi connectivity index (χ2v) is 5.68. The molecular formula is C20H24N2O2.